The third kappa shape index (κ3) is 5.17. The quantitative estimate of drug-likeness (QED) is 0.515. The van der Waals surface area contributed by atoms with E-state index in [1.165, 1.54) is 12.1 Å². The summed E-state index contributed by atoms with van der Waals surface area (Å²) in [5.74, 6) is 1.56. The molecule has 5 nitrogen and oxygen atoms in total. The molecule has 1 amide bonds. The molecular weight excluding hydrogens is 439 g/mol. The fraction of sp³-hybridized carbons (Fsp3) is 0.346. The fourth-order valence-electron chi connectivity index (χ4n) is 4.24. The summed E-state index contributed by atoms with van der Waals surface area (Å²) in [7, 11) is 0. The molecule has 0 N–H and O–H groups in total. The highest BCUT2D eigenvalue weighted by Crippen LogP contribution is 2.30. The first-order valence-electron chi connectivity index (χ1n) is 11.2. The number of piperazine rings is 1. The molecule has 1 aliphatic rings. The third-order valence-electron chi connectivity index (χ3n) is 5.94. The highest BCUT2D eigenvalue weighted by Gasteiger charge is 2.27. The van der Waals surface area contributed by atoms with Gasteiger partial charge in [-0.1, -0.05) is 49.7 Å². The van der Waals surface area contributed by atoms with E-state index in [0.717, 1.165) is 28.5 Å². The predicted octanol–water partition coefficient (Wildman–Crippen LogP) is 5.25. The van der Waals surface area contributed by atoms with Gasteiger partial charge in [0.25, 0.3) is 5.91 Å². The first-order valence-corrected chi connectivity index (χ1v) is 11.6. The zero-order valence-electron chi connectivity index (χ0n) is 19.2. The van der Waals surface area contributed by atoms with E-state index in [4.69, 9.17) is 21.6 Å². The Labute approximate surface area is 199 Å². The number of anilines is 1. The van der Waals surface area contributed by atoms with Crippen LogP contribution < -0.4 is 4.90 Å². The van der Waals surface area contributed by atoms with E-state index in [1.807, 2.05) is 36.1 Å². The average molecular weight is 467 g/mol. The van der Waals surface area contributed by atoms with Crippen molar-refractivity contribution in [2.45, 2.75) is 33.1 Å². The molecule has 3 aromatic rings. The van der Waals surface area contributed by atoms with Crippen LogP contribution in [0.1, 0.15) is 52.8 Å². The number of carbonyl (C=O) groups is 1. The lowest BCUT2D eigenvalue weighted by molar-refractivity contribution is 0.0746. The Morgan fingerprint density at radius 1 is 1.03 bits per heavy atom. The first-order chi connectivity index (χ1) is 15.8. The summed E-state index contributed by atoms with van der Waals surface area (Å²) in [5.41, 5.74) is 3.62. The summed E-state index contributed by atoms with van der Waals surface area (Å²) in [5, 5.41) is 0.472. The number of hydrogen-bond acceptors (Lipinski definition) is 4. The van der Waals surface area contributed by atoms with Crippen LogP contribution in [0.5, 0.6) is 0 Å². The number of aryl methyl sites for hydroxylation is 1. The highest BCUT2D eigenvalue weighted by atomic mass is 35.5. The van der Waals surface area contributed by atoms with Gasteiger partial charge in [-0.15, -0.1) is 0 Å². The van der Waals surface area contributed by atoms with Crippen molar-refractivity contribution in [1.29, 1.82) is 0 Å². The van der Waals surface area contributed by atoms with Crippen molar-refractivity contribution in [2.75, 3.05) is 31.1 Å². The molecule has 0 unspecified atom stereocenters. The molecule has 0 atom stereocenters. The highest BCUT2D eigenvalue weighted by molar-refractivity contribution is 6.33. The van der Waals surface area contributed by atoms with E-state index in [2.05, 4.69) is 18.7 Å². The number of halogens is 2. The molecular formula is C26H28ClFN4O. The largest absolute Gasteiger partial charge is 0.353 e. The smallest absolute Gasteiger partial charge is 0.255 e. The Morgan fingerprint density at radius 3 is 2.33 bits per heavy atom. The van der Waals surface area contributed by atoms with Crippen molar-refractivity contribution in [2.24, 2.45) is 0 Å². The third-order valence-corrected chi connectivity index (χ3v) is 6.27. The summed E-state index contributed by atoms with van der Waals surface area (Å²) in [6, 6.07) is 13.7. The second kappa shape index (κ2) is 9.87. The lowest BCUT2D eigenvalue weighted by Crippen LogP contribution is -2.49. The fourth-order valence-corrected chi connectivity index (χ4v) is 4.46. The van der Waals surface area contributed by atoms with Crippen LogP contribution in [0.25, 0.3) is 0 Å². The van der Waals surface area contributed by atoms with Crippen molar-refractivity contribution < 1.29 is 9.18 Å². The van der Waals surface area contributed by atoms with Crippen LogP contribution in [0, 0.1) is 12.7 Å². The Hall–Kier alpha value is -2.99. The molecule has 0 aliphatic carbocycles. The Morgan fingerprint density at radius 2 is 1.70 bits per heavy atom. The van der Waals surface area contributed by atoms with Gasteiger partial charge in [0.2, 0.25) is 0 Å². The van der Waals surface area contributed by atoms with Crippen molar-refractivity contribution >= 4 is 23.3 Å². The predicted molar refractivity (Wildman–Crippen MR) is 130 cm³/mol. The van der Waals surface area contributed by atoms with Gasteiger partial charge >= 0.3 is 0 Å². The van der Waals surface area contributed by atoms with Crippen LogP contribution >= 0.6 is 11.6 Å². The first kappa shape index (κ1) is 23.2. The van der Waals surface area contributed by atoms with Crippen LogP contribution in [0.3, 0.4) is 0 Å². The Kier molecular flexibility index (Phi) is 6.94. The van der Waals surface area contributed by atoms with E-state index in [0.29, 0.717) is 43.2 Å². The average Bonchev–Trinajstić information content (AvgIpc) is 2.81. The lowest BCUT2D eigenvalue weighted by Gasteiger charge is -2.37. The number of amides is 1. The van der Waals surface area contributed by atoms with Gasteiger partial charge < -0.3 is 9.80 Å². The van der Waals surface area contributed by atoms with Gasteiger partial charge in [0.05, 0.1) is 16.3 Å². The van der Waals surface area contributed by atoms with Gasteiger partial charge in [-0.05, 0) is 42.7 Å². The van der Waals surface area contributed by atoms with Crippen LogP contribution in [0.15, 0.2) is 48.5 Å². The number of rotatable bonds is 5. The van der Waals surface area contributed by atoms with Crippen LogP contribution in [0.4, 0.5) is 10.2 Å². The maximum atomic E-state index is 13.4. The lowest BCUT2D eigenvalue weighted by atomic mass is 9.97. The molecule has 1 aromatic heterocycles. The molecule has 0 radical (unpaired) electrons. The number of aromatic nitrogens is 2. The SMILES string of the molecule is Cc1nc(C(C)C)c(Cc2ccc(F)cc2)c(N2CCN(C(=O)c3ccccc3Cl)CC2)n1. The normalized spacial score (nSPS) is 14.1. The minimum atomic E-state index is -0.248. The van der Waals surface area contributed by atoms with Crippen molar-refractivity contribution in [1.82, 2.24) is 14.9 Å². The molecule has 0 bridgehead atoms. The van der Waals surface area contributed by atoms with Gasteiger partial charge in [-0.2, -0.15) is 0 Å². The summed E-state index contributed by atoms with van der Waals surface area (Å²) in [6.45, 7) is 8.66. The van der Waals surface area contributed by atoms with E-state index in [1.54, 1.807) is 12.1 Å². The van der Waals surface area contributed by atoms with Crippen LogP contribution in [-0.2, 0) is 6.42 Å². The number of benzene rings is 2. The second-order valence-corrected chi connectivity index (χ2v) is 9.08. The zero-order chi connectivity index (χ0) is 23.5. The summed E-state index contributed by atoms with van der Waals surface area (Å²) in [6.07, 6.45) is 0.627. The maximum absolute atomic E-state index is 13.4. The Balaban J connectivity index is 1.59. The zero-order valence-corrected chi connectivity index (χ0v) is 19.9. The molecule has 33 heavy (non-hydrogen) atoms. The minimum Gasteiger partial charge on any atom is -0.353 e. The molecule has 2 aromatic carbocycles. The van der Waals surface area contributed by atoms with Crippen LogP contribution in [-0.4, -0.2) is 47.0 Å². The monoisotopic (exact) mass is 466 g/mol. The van der Waals surface area contributed by atoms with E-state index in [-0.39, 0.29) is 17.6 Å². The van der Waals surface area contributed by atoms with Gasteiger partial charge in [-0.3, -0.25) is 4.79 Å². The van der Waals surface area contributed by atoms with Gasteiger partial charge in [0.15, 0.2) is 0 Å². The number of nitrogens with zero attached hydrogens (tertiary/aromatic N) is 4. The molecule has 172 valence electrons. The molecule has 1 fully saturated rings. The van der Waals surface area contributed by atoms with E-state index in [9.17, 15) is 9.18 Å². The van der Waals surface area contributed by atoms with Crippen molar-refractivity contribution in [3.05, 3.63) is 87.6 Å². The van der Waals surface area contributed by atoms with Gasteiger partial charge in [-0.25, -0.2) is 14.4 Å². The molecule has 4 rings (SSSR count). The second-order valence-electron chi connectivity index (χ2n) is 8.68. The van der Waals surface area contributed by atoms with Crippen molar-refractivity contribution in [3.63, 3.8) is 0 Å². The number of carbonyl (C=O) groups excluding carboxylic acids is 1. The molecule has 1 aliphatic heterocycles. The summed E-state index contributed by atoms with van der Waals surface area (Å²) < 4.78 is 13.4. The summed E-state index contributed by atoms with van der Waals surface area (Å²) >= 11 is 6.24. The standard InChI is InChI=1S/C26H28ClFN4O/c1-17(2)24-22(16-19-8-10-20(28)11-9-19)25(30-18(3)29-24)31-12-14-32(15-13-31)26(33)21-6-4-5-7-23(21)27/h4-11,17H,12-16H2,1-3H3. The molecule has 1 saturated heterocycles. The van der Waals surface area contributed by atoms with Gasteiger partial charge in [0.1, 0.15) is 17.5 Å². The van der Waals surface area contributed by atoms with Gasteiger partial charge in [0, 0.05) is 38.2 Å². The summed E-state index contributed by atoms with van der Waals surface area (Å²) in [4.78, 5) is 26.6. The van der Waals surface area contributed by atoms with Crippen molar-refractivity contribution in [3.8, 4) is 0 Å². The van der Waals surface area contributed by atoms with E-state index >= 15 is 0 Å². The number of hydrogen-bond donors (Lipinski definition) is 0. The molecule has 7 heteroatoms. The minimum absolute atomic E-state index is 0.0477. The molecule has 0 spiro atoms. The molecule has 0 saturated carbocycles. The Bertz CT molecular complexity index is 1140. The van der Waals surface area contributed by atoms with E-state index < -0.39 is 0 Å². The van der Waals surface area contributed by atoms with Crippen LogP contribution in [0.2, 0.25) is 5.02 Å². The topological polar surface area (TPSA) is 49.3 Å². The molecule has 2 heterocycles. The maximum Gasteiger partial charge on any atom is 0.255 e.